The third kappa shape index (κ3) is 3.32. The Kier molecular flexibility index (Phi) is 4.46. The van der Waals surface area contributed by atoms with Crippen LogP contribution in [-0.2, 0) is 11.3 Å². The van der Waals surface area contributed by atoms with Crippen LogP contribution in [0.1, 0.15) is 43.1 Å². The van der Waals surface area contributed by atoms with Crippen LogP contribution in [0.25, 0.3) is 0 Å². The van der Waals surface area contributed by atoms with E-state index in [-0.39, 0.29) is 11.9 Å². The maximum absolute atomic E-state index is 12.5. The van der Waals surface area contributed by atoms with E-state index >= 15 is 0 Å². The molecule has 6 nitrogen and oxygen atoms in total. The Morgan fingerprint density at radius 2 is 2.32 bits per heavy atom. The van der Waals surface area contributed by atoms with Crippen molar-refractivity contribution < 1.29 is 4.79 Å². The van der Waals surface area contributed by atoms with Gasteiger partial charge in [0, 0.05) is 38.1 Å². The molecule has 0 spiro atoms. The molecule has 0 aromatic carbocycles. The highest BCUT2D eigenvalue weighted by Crippen LogP contribution is 2.31. The zero-order valence-electron chi connectivity index (χ0n) is 12.9. The summed E-state index contributed by atoms with van der Waals surface area (Å²) in [6.45, 7) is 3.53. The second-order valence-electron chi connectivity index (χ2n) is 5.70. The average molecular weight is 299 g/mol. The summed E-state index contributed by atoms with van der Waals surface area (Å²) in [4.78, 5) is 23.2. The lowest BCUT2D eigenvalue weighted by Crippen LogP contribution is -2.31. The number of carbonyl (C=O) groups is 1. The van der Waals surface area contributed by atoms with E-state index in [0.29, 0.717) is 6.42 Å². The fourth-order valence-electron chi connectivity index (χ4n) is 2.98. The van der Waals surface area contributed by atoms with Gasteiger partial charge in [0.15, 0.2) is 0 Å². The van der Waals surface area contributed by atoms with Crippen LogP contribution in [0.3, 0.4) is 0 Å². The Balaban J connectivity index is 1.59. The molecular formula is C16H21N5O. The molecule has 22 heavy (non-hydrogen) atoms. The van der Waals surface area contributed by atoms with E-state index in [9.17, 15) is 4.79 Å². The molecule has 3 rings (SSSR count). The SMILES string of the molecule is Cc1cncc(C2CCCN2C(=O)CCCn2cccn2)n1. The summed E-state index contributed by atoms with van der Waals surface area (Å²) in [6.07, 6.45) is 10.6. The molecule has 2 aromatic rings. The number of rotatable bonds is 5. The second kappa shape index (κ2) is 6.68. The third-order valence-corrected chi connectivity index (χ3v) is 4.03. The number of aromatic nitrogens is 4. The van der Waals surface area contributed by atoms with E-state index in [1.165, 1.54) is 0 Å². The van der Waals surface area contributed by atoms with Crippen molar-refractivity contribution in [2.75, 3.05) is 6.54 Å². The third-order valence-electron chi connectivity index (χ3n) is 4.03. The first kappa shape index (κ1) is 14.7. The van der Waals surface area contributed by atoms with Crippen molar-refractivity contribution in [1.29, 1.82) is 0 Å². The molecule has 1 amide bonds. The highest BCUT2D eigenvalue weighted by Gasteiger charge is 2.30. The van der Waals surface area contributed by atoms with Crippen LogP contribution in [0.5, 0.6) is 0 Å². The minimum Gasteiger partial charge on any atom is -0.334 e. The van der Waals surface area contributed by atoms with Crippen LogP contribution in [0, 0.1) is 6.92 Å². The van der Waals surface area contributed by atoms with Gasteiger partial charge in [0.1, 0.15) is 0 Å². The van der Waals surface area contributed by atoms with E-state index in [1.807, 2.05) is 28.8 Å². The summed E-state index contributed by atoms with van der Waals surface area (Å²) in [5.74, 6) is 0.206. The van der Waals surface area contributed by atoms with E-state index in [1.54, 1.807) is 18.6 Å². The lowest BCUT2D eigenvalue weighted by Gasteiger charge is -2.24. The van der Waals surface area contributed by atoms with Gasteiger partial charge in [-0.2, -0.15) is 5.10 Å². The Bertz CT molecular complexity index is 625. The first-order chi connectivity index (χ1) is 10.7. The zero-order chi connectivity index (χ0) is 15.4. The molecule has 0 aliphatic carbocycles. The quantitative estimate of drug-likeness (QED) is 0.848. The van der Waals surface area contributed by atoms with Gasteiger partial charge in [0.05, 0.1) is 23.6 Å². The molecule has 0 bridgehead atoms. The van der Waals surface area contributed by atoms with Crippen LogP contribution in [0.2, 0.25) is 0 Å². The highest BCUT2D eigenvalue weighted by molar-refractivity contribution is 5.76. The Hall–Kier alpha value is -2.24. The topological polar surface area (TPSA) is 63.9 Å². The molecule has 1 unspecified atom stereocenters. The number of carbonyl (C=O) groups excluding carboxylic acids is 1. The monoisotopic (exact) mass is 299 g/mol. The fourth-order valence-corrected chi connectivity index (χ4v) is 2.98. The molecule has 1 saturated heterocycles. The fraction of sp³-hybridized carbons (Fsp3) is 0.500. The summed E-state index contributed by atoms with van der Waals surface area (Å²) in [6, 6.07) is 1.99. The van der Waals surface area contributed by atoms with Gasteiger partial charge in [0.2, 0.25) is 5.91 Å². The largest absolute Gasteiger partial charge is 0.334 e. The van der Waals surface area contributed by atoms with Gasteiger partial charge >= 0.3 is 0 Å². The lowest BCUT2D eigenvalue weighted by atomic mass is 10.1. The Labute approximate surface area is 130 Å². The van der Waals surface area contributed by atoms with E-state index in [0.717, 1.165) is 43.7 Å². The van der Waals surface area contributed by atoms with Gasteiger partial charge in [-0.15, -0.1) is 0 Å². The summed E-state index contributed by atoms with van der Waals surface area (Å²) in [5, 5.41) is 4.16. The lowest BCUT2D eigenvalue weighted by molar-refractivity contribution is -0.132. The van der Waals surface area contributed by atoms with E-state index < -0.39 is 0 Å². The van der Waals surface area contributed by atoms with Gasteiger partial charge in [-0.25, -0.2) is 0 Å². The predicted octanol–water partition coefficient (Wildman–Crippen LogP) is 2.13. The summed E-state index contributed by atoms with van der Waals surface area (Å²) in [7, 11) is 0. The number of amides is 1. The molecule has 6 heteroatoms. The molecule has 3 heterocycles. The summed E-state index contributed by atoms with van der Waals surface area (Å²) in [5.41, 5.74) is 1.81. The second-order valence-corrected chi connectivity index (χ2v) is 5.70. The number of hydrogen-bond acceptors (Lipinski definition) is 4. The average Bonchev–Trinajstić information content (AvgIpc) is 3.18. The minimum absolute atomic E-state index is 0.0876. The molecule has 1 fully saturated rings. The zero-order valence-corrected chi connectivity index (χ0v) is 12.9. The Morgan fingerprint density at radius 3 is 3.09 bits per heavy atom. The number of aryl methyl sites for hydroxylation is 2. The summed E-state index contributed by atoms with van der Waals surface area (Å²) >= 11 is 0. The van der Waals surface area contributed by atoms with Gasteiger partial charge in [-0.1, -0.05) is 0 Å². The Morgan fingerprint density at radius 1 is 1.41 bits per heavy atom. The van der Waals surface area contributed by atoms with E-state index in [2.05, 4.69) is 15.1 Å². The number of hydrogen-bond donors (Lipinski definition) is 0. The van der Waals surface area contributed by atoms with Gasteiger partial charge in [-0.3, -0.25) is 19.4 Å². The van der Waals surface area contributed by atoms with Crippen molar-refractivity contribution in [1.82, 2.24) is 24.6 Å². The van der Waals surface area contributed by atoms with Crippen LogP contribution >= 0.6 is 0 Å². The highest BCUT2D eigenvalue weighted by atomic mass is 16.2. The normalized spacial score (nSPS) is 17.9. The van der Waals surface area contributed by atoms with Crippen LogP contribution in [0.4, 0.5) is 0 Å². The first-order valence-corrected chi connectivity index (χ1v) is 7.79. The first-order valence-electron chi connectivity index (χ1n) is 7.79. The molecule has 1 atom stereocenters. The van der Waals surface area contributed by atoms with Crippen LogP contribution < -0.4 is 0 Å². The number of nitrogens with zero attached hydrogens (tertiary/aromatic N) is 5. The molecular weight excluding hydrogens is 278 g/mol. The molecule has 2 aromatic heterocycles. The van der Waals surface area contributed by atoms with Crippen LogP contribution in [-0.4, -0.2) is 37.1 Å². The predicted molar refractivity (Wildman–Crippen MR) is 81.9 cm³/mol. The molecule has 1 aliphatic heterocycles. The minimum atomic E-state index is 0.0876. The molecule has 0 radical (unpaired) electrons. The van der Waals surface area contributed by atoms with Crippen LogP contribution in [0.15, 0.2) is 30.9 Å². The smallest absolute Gasteiger partial charge is 0.223 e. The van der Waals surface area contributed by atoms with Crippen molar-refractivity contribution >= 4 is 5.91 Å². The van der Waals surface area contributed by atoms with E-state index in [4.69, 9.17) is 0 Å². The molecule has 116 valence electrons. The van der Waals surface area contributed by atoms with Gasteiger partial charge < -0.3 is 4.90 Å². The maximum atomic E-state index is 12.5. The molecule has 0 N–H and O–H groups in total. The van der Waals surface area contributed by atoms with Crippen molar-refractivity contribution in [2.45, 2.75) is 45.2 Å². The molecule has 0 saturated carbocycles. The van der Waals surface area contributed by atoms with Gasteiger partial charge in [0.25, 0.3) is 0 Å². The van der Waals surface area contributed by atoms with Crippen molar-refractivity contribution in [3.63, 3.8) is 0 Å². The maximum Gasteiger partial charge on any atom is 0.223 e. The van der Waals surface area contributed by atoms with Crippen molar-refractivity contribution in [2.24, 2.45) is 0 Å². The molecule has 1 aliphatic rings. The standard InChI is InChI=1S/C16H21N5O/c1-13-11-17-12-14(19-13)15-5-2-10-21(15)16(22)6-3-8-20-9-4-7-18-20/h4,7,9,11-12,15H,2-3,5-6,8,10H2,1H3. The number of likely N-dealkylation sites (tertiary alicyclic amines) is 1. The van der Waals surface area contributed by atoms with Crippen molar-refractivity contribution in [3.05, 3.63) is 42.2 Å². The van der Waals surface area contributed by atoms with Gasteiger partial charge in [-0.05, 0) is 32.3 Å². The summed E-state index contributed by atoms with van der Waals surface area (Å²) < 4.78 is 1.86. The van der Waals surface area contributed by atoms with Crippen molar-refractivity contribution in [3.8, 4) is 0 Å².